The van der Waals surface area contributed by atoms with E-state index in [1.54, 1.807) is 0 Å². The molecule has 37 heavy (non-hydrogen) atoms. The third-order valence-electron chi connectivity index (χ3n) is 7.33. The van der Waals surface area contributed by atoms with Crippen molar-refractivity contribution in [3.63, 3.8) is 0 Å². The number of imidazole rings is 2. The SMILES string of the molecule is Cl.c1cc(-c2cnc([C@@H]3CCCN3)[nH]2)ccc1-c1ccc(-c2ccc3nc([C@@H]4CCCN4)[nH]c3c2)nn1. The normalized spacial score (nSPS) is 19.4. The average molecular weight is 513 g/mol. The van der Waals surface area contributed by atoms with Gasteiger partial charge in [0.15, 0.2) is 0 Å². The van der Waals surface area contributed by atoms with Gasteiger partial charge in [0, 0.05) is 11.1 Å². The van der Waals surface area contributed by atoms with Crippen LogP contribution in [0.1, 0.15) is 49.4 Å². The van der Waals surface area contributed by atoms with Crippen molar-refractivity contribution < 1.29 is 0 Å². The van der Waals surface area contributed by atoms with Crippen LogP contribution in [0, 0.1) is 0 Å². The molecular weight excluding hydrogens is 484 g/mol. The average Bonchev–Trinajstić information content (AvgIpc) is 3.75. The molecule has 0 bridgehead atoms. The Morgan fingerprint density at radius 3 is 2.00 bits per heavy atom. The van der Waals surface area contributed by atoms with Gasteiger partial charge in [-0.2, -0.15) is 0 Å². The summed E-state index contributed by atoms with van der Waals surface area (Å²) in [6.07, 6.45) is 6.57. The smallest absolute Gasteiger partial charge is 0.124 e. The van der Waals surface area contributed by atoms with Crippen LogP contribution in [0.3, 0.4) is 0 Å². The molecule has 9 heteroatoms. The molecule has 5 heterocycles. The van der Waals surface area contributed by atoms with Gasteiger partial charge in [-0.25, -0.2) is 9.97 Å². The zero-order chi connectivity index (χ0) is 23.9. The standard InChI is InChI=1S/C28H28N8.ClH/c1-3-23(29-13-1)27-31-16-26(34-27)18-7-5-17(6-8-18)20-11-12-21(36-35-20)19-9-10-22-25(15-19)33-28(32-22)24-4-2-14-30-24;/h5-12,15-16,23-24,29-30H,1-4,13-14H2,(H,31,34)(H,32,33);1H/t23-,24-;/m0./s1. The highest BCUT2D eigenvalue weighted by molar-refractivity contribution is 5.85. The van der Waals surface area contributed by atoms with Crippen LogP contribution in [-0.2, 0) is 0 Å². The van der Waals surface area contributed by atoms with Gasteiger partial charge in [0.2, 0.25) is 0 Å². The number of aromatic amines is 2. The first kappa shape index (κ1) is 23.8. The first-order valence-electron chi connectivity index (χ1n) is 12.8. The molecule has 3 aromatic heterocycles. The number of benzene rings is 2. The molecule has 0 saturated carbocycles. The second-order valence-electron chi connectivity index (χ2n) is 9.72. The van der Waals surface area contributed by atoms with Crippen molar-refractivity contribution in [2.75, 3.05) is 13.1 Å². The fourth-order valence-corrected chi connectivity index (χ4v) is 5.31. The maximum Gasteiger partial charge on any atom is 0.124 e. The maximum absolute atomic E-state index is 4.77. The van der Waals surface area contributed by atoms with E-state index in [-0.39, 0.29) is 12.4 Å². The molecule has 2 aliphatic heterocycles. The molecule has 0 unspecified atom stereocenters. The van der Waals surface area contributed by atoms with E-state index in [4.69, 9.17) is 4.98 Å². The van der Waals surface area contributed by atoms with Crippen LogP contribution in [0.25, 0.3) is 44.8 Å². The van der Waals surface area contributed by atoms with Crippen LogP contribution >= 0.6 is 12.4 Å². The zero-order valence-corrected chi connectivity index (χ0v) is 21.2. The van der Waals surface area contributed by atoms with Gasteiger partial charge in [-0.1, -0.05) is 30.3 Å². The Balaban J connectivity index is 0.00000252. The maximum atomic E-state index is 4.77. The Hall–Kier alpha value is -3.59. The van der Waals surface area contributed by atoms with Crippen LogP contribution in [0.15, 0.2) is 60.8 Å². The van der Waals surface area contributed by atoms with Gasteiger partial charge >= 0.3 is 0 Å². The molecule has 0 aliphatic carbocycles. The predicted octanol–water partition coefficient (Wildman–Crippen LogP) is 5.35. The van der Waals surface area contributed by atoms with Crippen LogP contribution in [0.4, 0.5) is 0 Å². The largest absolute Gasteiger partial charge is 0.341 e. The molecule has 2 aliphatic rings. The molecule has 188 valence electrons. The number of aromatic nitrogens is 6. The van der Waals surface area contributed by atoms with E-state index in [2.05, 4.69) is 78.2 Å². The number of rotatable bonds is 5. The lowest BCUT2D eigenvalue weighted by molar-refractivity contribution is 0.613. The first-order valence-corrected chi connectivity index (χ1v) is 12.8. The second kappa shape index (κ2) is 10.0. The third-order valence-corrected chi connectivity index (χ3v) is 7.33. The molecule has 4 N–H and O–H groups in total. The summed E-state index contributed by atoms with van der Waals surface area (Å²) in [5.74, 6) is 2.04. The molecule has 8 nitrogen and oxygen atoms in total. The van der Waals surface area contributed by atoms with Gasteiger partial charge in [-0.15, -0.1) is 22.6 Å². The van der Waals surface area contributed by atoms with Crippen LogP contribution in [-0.4, -0.2) is 43.2 Å². The van der Waals surface area contributed by atoms with E-state index in [1.807, 2.05) is 18.3 Å². The minimum Gasteiger partial charge on any atom is -0.341 e. The van der Waals surface area contributed by atoms with Gasteiger partial charge in [0.1, 0.15) is 11.6 Å². The monoisotopic (exact) mass is 512 g/mol. The number of halogens is 1. The summed E-state index contributed by atoms with van der Waals surface area (Å²) in [4.78, 5) is 16.3. The van der Waals surface area contributed by atoms with E-state index in [1.165, 1.54) is 12.8 Å². The molecule has 7 rings (SSSR count). The van der Waals surface area contributed by atoms with E-state index in [0.29, 0.717) is 12.1 Å². The van der Waals surface area contributed by atoms with Crippen LogP contribution < -0.4 is 10.6 Å². The van der Waals surface area contributed by atoms with Gasteiger partial charge in [0.25, 0.3) is 0 Å². The number of fused-ring (bicyclic) bond motifs is 1. The summed E-state index contributed by atoms with van der Waals surface area (Å²) in [7, 11) is 0. The number of H-pyrrole nitrogens is 2. The quantitative estimate of drug-likeness (QED) is 0.253. The van der Waals surface area contributed by atoms with Crippen LogP contribution in [0.2, 0.25) is 0 Å². The minimum absolute atomic E-state index is 0. The summed E-state index contributed by atoms with van der Waals surface area (Å²) in [6.45, 7) is 2.12. The lowest BCUT2D eigenvalue weighted by atomic mass is 10.1. The molecule has 2 saturated heterocycles. The van der Waals surface area contributed by atoms with Gasteiger partial charge in [-0.05, 0) is 68.6 Å². The number of nitrogens with one attached hydrogen (secondary N) is 4. The van der Waals surface area contributed by atoms with Gasteiger partial charge < -0.3 is 20.6 Å². The molecule has 0 spiro atoms. The van der Waals surface area contributed by atoms with Gasteiger partial charge in [0.05, 0.1) is 46.4 Å². The van der Waals surface area contributed by atoms with E-state index < -0.39 is 0 Å². The van der Waals surface area contributed by atoms with Crippen LogP contribution in [0.5, 0.6) is 0 Å². The highest BCUT2D eigenvalue weighted by Crippen LogP contribution is 2.28. The summed E-state index contributed by atoms with van der Waals surface area (Å²) in [5.41, 5.74) is 7.92. The molecular formula is C28H29ClN8. The number of hydrogen-bond donors (Lipinski definition) is 4. The molecule has 2 atom stereocenters. The predicted molar refractivity (Wildman–Crippen MR) is 147 cm³/mol. The summed E-state index contributed by atoms with van der Waals surface area (Å²) >= 11 is 0. The molecule has 2 fully saturated rings. The number of nitrogens with zero attached hydrogens (tertiary/aromatic N) is 4. The Labute approximate surface area is 221 Å². The van der Waals surface area contributed by atoms with Crippen molar-refractivity contribution in [1.29, 1.82) is 0 Å². The number of hydrogen-bond acceptors (Lipinski definition) is 6. The fraction of sp³-hybridized carbons (Fsp3) is 0.286. The molecule has 2 aromatic carbocycles. The lowest BCUT2D eigenvalue weighted by Gasteiger charge is -2.06. The fourth-order valence-electron chi connectivity index (χ4n) is 5.31. The van der Waals surface area contributed by atoms with E-state index >= 15 is 0 Å². The molecule has 5 aromatic rings. The molecule has 0 radical (unpaired) electrons. The van der Waals surface area contributed by atoms with Crippen molar-refractivity contribution in [2.24, 2.45) is 0 Å². The summed E-state index contributed by atoms with van der Waals surface area (Å²) in [6, 6.07) is 19.3. The topological polar surface area (TPSA) is 107 Å². The van der Waals surface area contributed by atoms with Crippen molar-refractivity contribution in [1.82, 2.24) is 40.8 Å². The Morgan fingerprint density at radius 1 is 0.676 bits per heavy atom. The Bertz CT molecular complexity index is 1490. The lowest BCUT2D eigenvalue weighted by Crippen LogP contribution is -2.14. The van der Waals surface area contributed by atoms with Crippen molar-refractivity contribution in [2.45, 2.75) is 37.8 Å². The van der Waals surface area contributed by atoms with E-state index in [0.717, 1.165) is 82.4 Å². The summed E-state index contributed by atoms with van der Waals surface area (Å²) < 4.78 is 0. The first-order chi connectivity index (χ1) is 17.8. The van der Waals surface area contributed by atoms with E-state index in [9.17, 15) is 0 Å². The van der Waals surface area contributed by atoms with Crippen molar-refractivity contribution >= 4 is 23.4 Å². The highest BCUT2D eigenvalue weighted by Gasteiger charge is 2.20. The highest BCUT2D eigenvalue weighted by atomic mass is 35.5. The van der Waals surface area contributed by atoms with Crippen molar-refractivity contribution in [3.05, 3.63) is 72.4 Å². The Kier molecular flexibility index (Phi) is 6.46. The second-order valence-corrected chi connectivity index (χ2v) is 9.72. The summed E-state index contributed by atoms with van der Waals surface area (Å²) in [5, 5.41) is 16.0. The Morgan fingerprint density at radius 2 is 1.32 bits per heavy atom. The third kappa shape index (κ3) is 4.64. The molecule has 0 amide bonds. The van der Waals surface area contributed by atoms with Gasteiger partial charge in [-0.3, -0.25) is 0 Å². The van der Waals surface area contributed by atoms with Crippen molar-refractivity contribution in [3.8, 4) is 33.8 Å². The zero-order valence-electron chi connectivity index (χ0n) is 20.4. The minimum atomic E-state index is 0.